The second kappa shape index (κ2) is 5.89. The van der Waals surface area contributed by atoms with E-state index in [2.05, 4.69) is 21.2 Å². The molecule has 2 aromatic carbocycles. The van der Waals surface area contributed by atoms with Crippen LogP contribution in [-0.4, -0.2) is 5.91 Å². The summed E-state index contributed by atoms with van der Waals surface area (Å²) < 4.78 is 26.6. The highest BCUT2D eigenvalue weighted by molar-refractivity contribution is 9.10. The van der Waals surface area contributed by atoms with Crippen LogP contribution in [0.5, 0.6) is 0 Å². The molecule has 0 aliphatic rings. The van der Waals surface area contributed by atoms with Crippen molar-refractivity contribution >= 4 is 39.1 Å². The predicted molar refractivity (Wildman–Crippen MR) is 78.2 cm³/mol. The summed E-state index contributed by atoms with van der Waals surface area (Å²) >= 11 is 9.00. The van der Waals surface area contributed by atoms with Gasteiger partial charge in [-0.1, -0.05) is 11.6 Å². The molecule has 2 aromatic rings. The minimum atomic E-state index is -0.516. The molecule has 0 aliphatic heterocycles. The lowest BCUT2D eigenvalue weighted by atomic mass is 10.1. The van der Waals surface area contributed by atoms with E-state index < -0.39 is 11.7 Å². The molecule has 1 N–H and O–H groups in total. The van der Waals surface area contributed by atoms with Gasteiger partial charge in [-0.25, -0.2) is 8.78 Å². The largest absolute Gasteiger partial charge is 0.320 e. The highest BCUT2D eigenvalue weighted by atomic mass is 79.9. The number of nitrogens with one attached hydrogen (secondary N) is 1. The van der Waals surface area contributed by atoms with E-state index in [0.717, 1.165) is 6.07 Å². The number of rotatable bonds is 2. The van der Waals surface area contributed by atoms with Gasteiger partial charge in [0.25, 0.3) is 5.91 Å². The van der Waals surface area contributed by atoms with E-state index in [-0.39, 0.29) is 22.1 Å². The van der Waals surface area contributed by atoms with E-state index in [0.29, 0.717) is 10.0 Å². The molecule has 0 atom stereocenters. The van der Waals surface area contributed by atoms with Gasteiger partial charge < -0.3 is 5.32 Å². The third-order valence-electron chi connectivity index (χ3n) is 2.67. The van der Waals surface area contributed by atoms with Gasteiger partial charge in [-0.2, -0.15) is 0 Å². The van der Waals surface area contributed by atoms with Gasteiger partial charge in [-0.3, -0.25) is 4.79 Å². The fourth-order valence-corrected chi connectivity index (χ4v) is 2.53. The SMILES string of the molecule is Cc1cc(C(=O)Nc2c(Cl)cc(F)cc2Br)ccc1F. The Hall–Kier alpha value is -1.46. The van der Waals surface area contributed by atoms with Crippen LogP contribution in [0.4, 0.5) is 14.5 Å². The Labute approximate surface area is 127 Å². The van der Waals surface area contributed by atoms with Crippen molar-refractivity contribution in [3.63, 3.8) is 0 Å². The lowest BCUT2D eigenvalue weighted by molar-refractivity contribution is 0.102. The van der Waals surface area contributed by atoms with Crippen molar-refractivity contribution < 1.29 is 13.6 Å². The lowest BCUT2D eigenvalue weighted by Crippen LogP contribution is -2.13. The number of anilines is 1. The van der Waals surface area contributed by atoms with Crippen molar-refractivity contribution in [3.05, 3.63) is 62.6 Å². The van der Waals surface area contributed by atoms with Crippen molar-refractivity contribution in [2.45, 2.75) is 6.92 Å². The zero-order valence-corrected chi connectivity index (χ0v) is 12.6. The van der Waals surface area contributed by atoms with Gasteiger partial charge in [0, 0.05) is 10.0 Å². The summed E-state index contributed by atoms with van der Waals surface area (Å²) in [6.45, 7) is 1.56. The third-order valence-corrected chi connectivity index (χ3v) is 3.59. The van der Waals surface area contributed by atoms with Gasteiger partial charge >= 0.3 is 0 Å². The Morgan fingerprint density at radius 1 is 1.25 bits per heavy atom. The summed E-state index contributed by atoms with van der Waals surface area (Å²) in [7, 11) is 0. The van der Waals surface area contributed by atoms with E-state index >= 15 is 0 Å². The van der Waals surface area contributed by atoms with E-state index in [1.807, 2.05) is 0 Å². The number of carbonyl (C=O) groups is 1. The first-order valence-electron chi connectivity index (χ1n) is 5.60. The molecule has 0 saturated carbocycles. The van der Waals surface area contributed by atoms with E-state index in [1.54, 1.807) is 6.92 Å². The van der Waals surface area contributed by atoms with Crippen molar-refractivity contribution in [2.24, 2.45) is 0 Å². The molecular weight excluding hydrogens is 352 g/mol. The van der Waals surface area contributed by atoms with Crippen LogP contribution in [0.3, 0.4) is 0 Å². The molecule has 6 heteroatoms. The number of aryl methyl sites for hydroxylation is 1. The normalized spacial score (nSPS) is 10.4. The Morgan fingerprint density at radius 3 is 2.55 bits per heavy atom. The van der Waals surface area contributed by atoms with E-state index in [1.165, 1.54) is 24.3 Å². The second-order valence-electron chi connectivity index (χ2n) is 4.16. The molecule has 104 valence electrons. The molecule has 0 radical (unpaired) electrons. The van der Waals surface area contributed by atoms with Gasteiger partial charge in [-0.15, -0.1) is 0 Å². The monoisotopic (exact) mass is 359 g/mol. The van der Waals surface area contributed by atoms with Gasteiger partial charge in [0.2, 0.25) is 0 Å². The van der Waals surface area contributed by atoms with Crippen LogP contribution in [0, 0.1) is 18.6 Å². The molecule has 0 saturated heterocycles. The van der Waals surface area contributed by atoms with Gasteiger partial charge in [-0.05, 0) is 58.7 Å². The fourth-order valence-electron chi connectivity index (χ4n) is 1.63. The van der Waals surface area contributed by atoms with Crippen LogP contribution in [0.2, 0.25) is 5.02 Å². The van der Waals surface area contributed by atoms with E-state index in [4.69, 9.17) is 11.6 Å². The van der Waals surface area contributed by atoms with Gasteiger partial charge in [0.1, 0.15) is 11.6 Å². The first-order chi connectivity index (χ1) is 9.38. The molecule has 0 spiro atoms. The quantitative estimate of drug-likeness (QED) is 0.807. The minimum absolute atomic E-state index is 0.0732. The first-order valence-corrected chi connectivity index (χ1v) is 6.77. The topological polar surface area (TPSA) is 29.1 Å². The maximum Gasteiger partial charge on any atom is 0.255 e. The number of carbonyl (C=O) groups excluding carboxylic acids is 1. The molecular formula is C14H9BrClF2NO. The van der Waals surface area contributed by atoms with Crippen LogP contribution in [0.15, 0.2) is 34.8 Å². The molecule has 20 heavy (non-hydrogen) atoms. The fraction of sp³-hybridized carbons (Fsp3) is 0.0714. The van der Waals surface area contributed by atoms with Gasteiger partial charge in [0.05, 0.1) is 10.7 Å². The van der Waals surface area contributed by atoms with Crippen LogP contribution < -0.4 is 5.32 Å². The van der Waals surface area contributed by atoms with Crippen LogP contribution >= 0.6 is 27.5 Å². The molecule has 2 nitrogen and oxygen atoms in total. The zero-order chi connectivity index (χ0) is 14.9. The van der Waals surface area contributed by atoms with E-state index in [9.17, 15) is 13.6 Å². The van der Waals surface area contributed by atoms with Crippen molar-refractivity contribution in [1.82, 2.24) is 0 Å². The maximum atomic E-state index is 13.2. The summed E-state index contributed by atoms with van der Waals surface area (Å²) in [4.78, 5) is 12.1. The maximum absolute atomic E-state index is 13.2. The zero-order valence-electron chi connectivity index (χ0n) is 10.3. The minimum Gasteiger partial charge on any atom is -0.320 e. The number of amides is 1. The summed E-state index contributed by atoms with van der Waals surface area (Å²) in [5.74, 6) is -1.36. The molecule has 0 aromatic heterocycles. The Balaban J connectivity index is 2.30. The molecule has 1 amide bonds. The van der Waals surface area contributed by atoms with Gasteiger partial charge in [0.15, 0.2) is 0 Å². The molecule has 0 bridgehead atoms. The standard InChI is InChI=1S/C14H9BrClF2NO/c1-7-4-8(2-3-12(7)18)14(20)19-13-10(15)5-9(17)6-11(13)16/h2-6H,1H3,(H,19,20). The summed E-state index contributed by atoms with van der Waals surface area (Å²) in [6, 6.07) is 6.29. The Kier molecular flexibility index (Phi) is 4.40. The van der Waals surface area contributed by atoms with Crippen molar-refractivity contribution in [2.75, 3.05) is 5.32 Å². The average molecular weight is 361 g/mol. The Bertz CT molecular complexity index is 668. The number of benzene rings is 2. The molecule has 0 aliphatic carbocycles. The predicted octanol–water partition coefficient (Wildman–Crippen LogP) is 4.94. The summed E-state index contributed by atoms with van der Waals surface area (Å²) in [5, 5.41) is 2.64. The molecule has 0 fully saturated rings. The Morgan fingerprint density at radius 2 is 1.95 bits per heavy atom. The lowest BCUT2D eigenvalue weighted by Gasteiger charge is -2.10. The highest BCUT2D eigenvalue weighted by Crippen LogP contribution is 2.32. The number of hydrogen-bond donors (Lipinski definition) is 1. The number of hydrogen-bond acceptors (Lipinski definition) is 1. The third kappa shape index (κ3) is 3.16. The smallest absolute Gasteiger partial charge is 0.255 e. The molecule has 0 heterocycles. The van der Waals surface area contributed by atoms with Crippen molar-refractivity contribution in [1.29, 1.82) is 0 Å². The average Bonchev–Trinajstić information content (AvgIpc) is 2.36. The van der Waals surface area contributed by atoms with Crippen molar-refractivity contribution in [3.8, 4) is 0 Å². The first kappa shape index (κ1) is 14.9. The second-order valence-corrected chi connectivity index (χ2v) is 5.42. The molecule has 0 unspecified atom stereocenters. The van der Waals surface area contributed by atoms with Crippen LogP contribution in [-0.2, 0) is 0 Å². The number of halogens is 4. The highest BCUT2D eigenvalue weighted by Gasteiger charge is 2.13. The summed E-state index contributed by atoms with van der Waals surface area (Å²) in [6.07, 6.45) is 0. The summed E-state index contributed by atoms with van der Waals surface area (Å²) in [5.41, 5.74) is 0.915. The van der Waals surface area contributed by atoms with Crippen LogP contribution in [0.25, 0.3) is 0 Å². The van der Waals surface area contributed by atoms with Crippen LogP contribution in [0.1, 0.15) is 15.9 Å². The molecule has 2 rings (SSSR count).